The zero-order chi connectivity index (χ0) is 14.7. The first-order valence-electron chi connectivity index (χ1n) is 8.40. The van der Waals surface area contributed by atoms with E-state index in [4.69, 9.17) is 4.98 Å². The van der Waals surface area contributed by atoms with Gasteiger partial charge in [-0.15, -0.1) is 0 Å². The van der Waals surface area contributed by atoms with Crippen molar-refractivity contribution in [1.29, 1.82) is 0 Å². The summed E-state index contributed by atoms with van der Waals surface area (Å²) in [5.41, 5.74) is 1.44. The molecule has 2 aliphatic rings. The fourth-order valence-corrected chi connectivity index (χ4v) is 3.68. The number of nitrogens with zero attached hydrogens (tertiary/aromatic N) is 3. The highest BCUT2D eigenvalue weighted by molar-refractivity contribution is 5.49. The molecule has 1 aromatic rings. The summed E-state index contributed by atoms with van der Waals surface area (Å²) in [6.45, 7) is 11.3. The molecule has 0 unspecified atom stereocenters. The summed E-state index contributed by atoms with van der Waals surface area (Å²) in [4.78, 5) is 9.85. The normalized spacial score (nSPS) is 24.0. The lowest BCUT2D eigenvalue weighted by atomic mass is 10.0. The van der Waals surface area contributed by atoms with Crippen LogP contribution in [0, 0.1) is 5.92 Å². The molecule has 3 heterocycles. The molecule has 2 aliphatic heterocycles. The predicted molar refractivity (Wildman–Crippen MR) is 87.7 cm³/mol. The van der Waals surface area contributed by atoms with Crippen molar-refractivity contribution in [3.05, 3.63) is 23.9 Å². The van der Waals surface area contributed by atoms with E-state index in [0.29, 0.717) is 6.04 Å². The lowest BCUT2D eigenvalue weighted by Gasteiger charge is -2.33. The molecule has 1 atom stereocenters. The fraction of sp³-hybridized carbons (Fsp3) is 0.706. The van der Waals surface area contributed by atoms with Crippen LogP contribution < -0.4 is 10.2 Å². The van der Waals surface area contributed by atoms with Crippen LogP contribution in [0.3, 0.4) is 0 Å². The van der Waals surface area contributed by atoms with Crippen LogP contribution in [0.1, 0.15) is 38.3 Å². The Morgan fingerprint density at radius 3 is 2.86 bits per heavy atom. The molecule has 0 bridgehead atoms. The molecule has 116 valence electrons. The van der Waals surface area contributed by atoms with Gasteiger partial charge in [0, 0.05) is 50.5 Å². The van der Waals surface area contributed by atoms with Gasteiger partial charge in [-0.2, -0.15) is 0 Å². The Morgan fingerprint density at radius 1 is 1.29 bits per heavy atom. The average molecular weight is 288 g/mol. The number of piperazine rings is 1. The molecule has 0 radical (unpaired) electrons. The Kier molecular flexibility index (Phi) is 4.76. The summed E-state index contributed by atoms with van der Waals surface area (Å²) in [5, 5.41) is 3.43. The molecule has 1 aromatic heterocycles. The average Bonchev–Trinajstić information content (AvgIpc) is 2.95. The van der Waals surface area contributed by atoms with Crippen molar-refractivity contribution >= 4 is 5.82 Å². The third-order valence-electron chi connectivity index (χ3n) is 4.56. The summed E-state index contributed by atoms with van der Waals surface area (Å²) < 4.78 is 0. The maximum atomic E-state index is 4.73. The van der Waals surface area contributed by atoms with Gasteiger partial charge in [-0.1, -0.05) is 19.9 Å². The second-order valence-electron chi connectivity index (χ2n) is 6.70. The summed E-state index contributed by atoms with van der Waals surface area (Å²) in [5.74, 6) is 1.95. The van der Waals surface area contributed by atoms with E-state index >= 15 is 0 Å². The van der Waals surface area contributed by atoms with Crippen LogP contribution in [0.2, 0.25) is 0 Å². The largest absolute Gasteiger partial charge is 0.354 e. The van der Waals surface area contributed by atoms with E-state index in [2.05, 4.69) is 41.1 Å². The van der Waals surface area contributed by atoms with Crippen LogP contribution in [0.25, 0.3) is 0 Å². The van der Waals surface area contributed by atoms with Crippen LogP contribution in [0.15, 0.2) is 18.3 Å². The molecule has 0 aliphatic carbocycles. The Hall–Kier alpha value is -1.13. The van der Waals surface area contributed by atoms with Crippen molar-refractivity contribution in [3.63, 3.8) is 0 Å². The number of anilines is 1. The third kappa shape index (κ3) is 3.38. The number of pyridine rings is 1. The van der Waals surface area contributed by atoms with Crippen molar-refractivity contribution in [3.8, 4) is 0 Å². The van der Waals surface area contributed by atoms with Gasteiger partial charge >= 0.3 is 0 Å². The Morgan fingerprint density at radius 2 is 2.10 bits per heavy atom. The Labute approximate surface area is 128 Å². The van der Waals surface area contributed by atoms with E-state index in [-0.39, 0.29) is 0 Å². The number of rotatable bonds is 4. The smallest absolute Gasteiger partial charge is 0.133 e. The van der Waals surface area contributed by atoms with Crippen LogP contribution in [0.5, 0.6) is 0 Å². The number of hydrogen-bond acceptors (Lipinski definition) is 4. The molecule has 2 saturated heterocycles. The number of aromatic nitrogens is 1. The highest BCUT2D eigenvalue weighted by atomic mass is 15.2. The van der Waals surface area contributed by atoms with Crippen LogP contribution in [-0.2, 0) is 0 Å². The van der Waals surface area contributed by atoms with E-state index < -0.39 is 0 Å². The summed E-state index contributed by atoms with van der Waals surface area (Å²) >= 11 is 0. The minimum absolute atomic E-state index is 0.561. The van der Waals surface area contributed by atoms with E-state index in [1.165, 1.54) is 37.3 Å². The van der Waals surface area contributed by atoms with Crippen molar-refractivity contribution in [2.75, 3.05) is 44.2 Å². The minimum Gasteiger partial charge on any atom is -0.354 e. The Bertz CT molecular complexity index is 454. The lowest BCUT2D eigenvalue weighted by molar-refractivity contribution is 0.228. The molecule has 0 aromatic carbocycles. The van der Waals surface area contributed by atoms with Crippen molar-refractivity contribution in [2.24, 2.45) is 5.92 Å². The second kappa shape index (κ2) is 6.75. The van der Waals surface area contributed by atoms with Gasteiger partial charge in [-0.25, -0.2) is 4.98 Å². The molecule has 0 amide bonds. The quantitative estimate of drug-likeness (QED) is 0.921. The van der Waals surface area contributed by atoms with E-state index in [9.17, 15) is 0 Å². The summed E-state index contributed by atoms with van der Waals surface area (Å²) in [7, 11) is 0. The standard InChI is InChI=1S/C17H28N4/c1-14(2)13-21-10-4-6-16(21)15-5-3-7-19-17(15)20-11-8-18-9-12-20/h3,5,7,14,16,18H,4,6,8-13H2,1-2H3/t16-/m1/s1. The SMILES string of the molecule is CC(C)CN1CCC[C@@H]1c1cccnc1N1CCNCC1. The van der Waals surface area contributed by atoms with Gasteiger partial charge < -0.3 is 10.2 Å². The highest BCUT2D eigenvalue weighted by Gasteiger charge is 2.29. The molecule has 2 fully saturated rings. The maximum absolute atomic E-state index is 4.73. The predicted octanol–water partition coefficient (Wildman–Crippen LogP) is 2.28. The topological polar surface area (TPSA) is 31.4 Å². The zero-order valence-corrected chi connectivity index (χ0v) is 13.4. The molecular formula is C17H28N4. The molecule has 3 rings (SSSR count). The summed E-state index contributed by atoms with van der Waals surface area (Å²) in [6.07, 6.45) is 4.54. The first-order chi connectivity index (χ1) is 10.3. The third-order valence-corrected chi connectivity index (χ3v) is 4.56. The molecular weight excluding hydrogens is 260 g/mol. The Balaban J connectivity index is 1.83. The van der Waals surface area contributed by atoms with Gasteiger partial charge in [0.05, 0.1) is 0 Å². The van der Waals surface area contributed by atoms with Crippen LogP contribution in [0.4, 0.5) is 5.82 Å². The van der Waals surface area contributed by atoms with Gasteiger partial charge in [-0.05, 0) is 31.4 Å². The molecule has 0 spiro atoms. The van der Waals surface area contributed by atoms with Gasteiger partial charge in [0.15, 0.2) is 0 Å². The molecule has 21 heavy (non-hydrogen) atoms. The molecule has 1 N–H and O–H groups in total. The highest BCUT2D eigenvalue weighted by Crippen LogP contribution is 2.36. The van der Waals surface area contributed by atoms with Gasteiger partial charge in [0.1, 0.15) is 5.82 Å². The first-order valence-corrected chi connectivity index (χ1v) is 8.40. The molecule has 4 heteroatoms. The van der Waals surface area contributed by atoms with Crippen LogP contribution in [-0.4, -0.2) is 49.2 Å². The van der Waals surface area contributed by atoms with Crippen LogP contribution >= 0.6 is 0 Å². The monoisotopic (exact) mass is 288 g/mol. The summed E-state index contributed by atoms with van der Waals surface area (Å²) in [6, 6.07) is 4.96. The lowest BCUT2D eigenvalue weighted by Crippen LogP contribution is -2.44. The first kappa shape index (κ1) is 14.8. The van der Waals surface area contributed by atoms with Gasteiger partial charge in [0.25, 0.3) is 0 Å². The zero-order valence-electron chi connectivity index (χ0n) is 13.4. The maximum Gasteiger partial charge on any atom is 0.133 e. The van der Waals surface area contributed by atoms with Crippen molar-refractivity contribution in [2.45, 2.75) is 32.7 Å². The van der Waals surface area contributed by atoms with Gasteiger partial charge in [0.2, 0.25) is 0 Å². The number of hydrogen-bond donors (Lipinski definition) is 1. The molecule has 0 saturated carbocycles. The van der Waals surface area contributed by atoms with Crippen molar-refractivity contribution in [1.82, 2.24) is 15.2 Å². The van der Waals surface area contributed by atoms with Gasteiger partial charge in [-0.3, -0.25) is 4.90 Å². The van der Waals surface area contributed by atoms with E-state index in [1.54, 1.807) is 0 Å². The number of likely N-dealkylation sites (tertiary alicyclic amines) is 1. The van der Waals surface area contributed by atoms with E-state index in [0.717, 1.165) is 32.1 Å². The van der Waals surface area contributed by atoms with E-state index in [1.807, 2.05) is 6.20 Å². The molecule has 4 nitrogen and oxygen atoms in total. The minimum atomic E-state index is 0.561. The number of nitrogens with one attached hydrogen (secondary N) is 1. The van der Waals surface area contributed by atoms with Crippen molar-refractivity contribution < 1.29 is 0 Å². The fourth-order valence-electron chi connectivity index (χ4n) is 3.68. The second-order valence-corrected chi connectivity index (χ2v) is 6.70.